The lowest BCUT2D eigenvalue weighted by atomic mass is 10.1. The molecule has 2 amide bonds. The topological polar surface area (TPSA) is 74.3 Å². The number of carbonyl (C=O) groups is 2. The molecule has 0 fully saturated rings. The predicted octanol–water partition coefficient (Wildman–Crippen LogP) is 4.80. The van der Waals surface area contributed by atoms with Crippen LogP contribution in [0.2, 0.25) is 5.02 Å². The first-order chi connectivity index (χ1) is 15.5. The van der Waals surface area contributed by atoms with Crippen LogP contribution in [0.1, 0.15) is 22.6 Å². The quantitative estimate of drug-likeness (QED) is 0.544. The molecule has 0 saturated heterocycles. The van der Waals surface area contributed by atoms with Gasteiger partial charge in [0, 0.05) is 47.3 Å². The fourth-order valence-corrected chi connectivity index (χ4v) is 6.20. The van der Waals surface area contributed by atoms with Crippen molar-refractivity contribution in [3.8, 4) is 0 Å². The summed E-state index contributed by atoms with van der Waals surface area (Å²) in [5.74, 6) is -0.391. The Hall–Kier alpha value is -2.39. The smallest absolute Gasteiger partial charge is 0.238 e. The van der Waals surface area contributed by atoms with Crippen molar-refractivity contribution in [1.82, 2.24) is 9.88 Å². The number of nitrogens with zero attached hydrogens (tertiary/aromatic N) is 2. The summed E-state index contributed by atoms with van der Waals surface area (Å²) in [4.78, 5) is 34.2. The van der Waals surface area contributed by atoms with Gasteiger partial charge in [-0.1, -0.05) is 41.9 Å². The van der Waals surface area contributed by atoms with E-state index in [2.05, 4.69) is 44.8 Å². The minimum atomic E-state index is -0.486. The van der Waals surface area contributed by atoms with E-state index in [4.69, 9.17) is 11.6 Å². The van der Waals surface area contributed by atoms with Gasteiger partial charge in [-0.3, -0.25) is 14.5 Å². The Morgan fingerprint density at radius 2 is 2.09 bits per heavy atom. The molecular formula is C23H21ClN4O2S2. The molecule has 0 spiro atoms. The van der Waals surface area contributed by atoms with Crippen LogP contribution in [0.15, 0.2) is 53.4 Å². The number of aromatic nitrogens is 1. The van der Waals surface area contributed by atoms with E-state index >= 15 is 0 Å². The third-order valence-electron chi connectivity index (χ3n) is 5.44. The van der Waals surface area contributed by atoms with Crippen LogP contribution in [0.3, 0.4) is 0 Å². The molecule has 2 aliphatic rings. The van der Waals surface area contributed by atoms with Crippen LogP contribution in [0, 0.1) is 0 Å². The lowest BCUT2D eigenvalue weighted by molar-refractivity contribution is -0.120. The Labute approximate surface area is 199 Å². The third kappa shape index (κ3) is 4.83. The van der Waals surface area contributed by atoms with Gasteiger partial charge in [-0.25, -0.2) is 4.98 Å². The summed E-state index contributed by atoms with van der Waals surface area (Å²) in [6, 6.07) is 15.8. The lowest BCUT2D eigenvalue weighted by Gasteiger charge is -2.25. The van der Waals surface area contributed by atoms with Crippen LogP contribution in [-0.4, -0.2) is 33.5 Å². The Morgan fingerprint density at radius 3 is 2.94 bits per heavy atom. The van der Waals surface area contributed by atoms with E-state index in [9.17, 15) is 9.59 Å². The van der Waals surface area contributed by atoms with Crippen molar-refractivity contribution in [2.75, 3.05) is 17.2 Å². The number of halogens is 1. The molecular weight excluding hydrogens is 464 g/mol. The largest absolute Gasteiger partial charge is 0.324 e. The highest BCUT2D eigenvalue weighted by Gasteiger charge is 2.30. The molecule has 3 aromatic rings. The van der Waals surface area contributed by atoms with Crippen molar-refractivity contribution in [1.29, 1.82) is 0 Å². The maximum absolute atomic E-state index is 12.6. The summed E-state index contributed by atoms with van der Waals surface area (Å²) in [5.41, 5.74) is 3.04. The van der Waals surface area contributed by atoms with E-state index < -0.39 is 5.25 Å². The molecule has 1 aromatic heterocycles. The summed E-state index contributed by atoms with van der Waals surface area (Å²) in [7, 11) is 0. The highest BCUT2D eigenvalue weighted by molar-refractivity contribution is 8.01. The zero-order valence-electron chi connectivity index (χ0n) is 17.1. The molecule has 0 saturated carbocycles. The molecule has 9 heteroatoms. The second kappa shape index (κ2) is 9.23. The standard InChI is InChI=1S/C23H21ClN4O2S2/c24-15-6-7-18-17(10-15)25-22(30)19(31-18)11-21(29)27-23-26-16-8-9-28(13-20(16)32-23)12-14-4-2-1-3-5-14/h1-7,10,19H,8-9,11-13H2,(H,25,30)(H,26,27,29). The van der Waals surface area contributed by atoms with Crippen molar-refractivity contribution in [3.05, 3.63) is 69.7 Å². The van der Waals surface area contributed by atoms with Crippen molar-refractivity contribution < 1.29 is 9.59 Å². The second-order valence-electron chi connectivity index (χ2n) is 7.82. The van der Waals surface area contributed by atoms with Crippen LogP contribution < -0.4 is 10.6 Å². The SMILES string of the molecule is O=C(CC1Sc2ccc(Cl)cc2NC1=O)Nc1nc2c(s1)CN(Cc1ccccc1)CC2. The van der Waals surface area contributed by atoms with E-state index in [-0.39, 0.29) is 18.2 Å². The van der Waals surface area contributed by atoms with Crippen LogP contribution in [-0.2, 0) is 29.1 Å². The Bertz CT molecular complexity index is 1170. The van der Waals surface area contributed by atoms with E-state index in [0.717, 1.165) is 36.6 Å². The summed E-state index contributed by atoms with van der Waals surface area (Å²) in [6.45, 7) is 2.68. The minimum Gasteiger partial charge on any atom is -0.324 e. The number of hydrogen-bond acceptors (Lipinski definition) is 6. The predicted molar refractivity (Wildman–Crippen MR) is 129 cm³/mol. The first-order valence-electron chi connectivity index (χ1n) is 10.4. The number of hydrogen-bond donors (Lipinski definition) is 2. The molecule has 1 atom stereocenters. The molecule has 6 nitrogen and oxygen atoms in total. The number of fused-ring (bicyclic) bond motifs is 2. The molecule has 3 heterocycles. The first-order valence-corrected chi connectivity index (χ1v) is 12.4. The van der Waals surface area contributed by atoms with Crippen LogP contribution >= 0.6 is 34.7 Å². The van der Waals surface area contributed by atoms with E-state index in [1.54, 1.807) is 12.1 Å². The molecule has 2 N–H and O–H groups in total. The zero-order valence-corrected chi connectivity index (χ0v) is 19.5. The van der Waals surface area contributed by atoms with E-state index in [0.29, 0.717) is 15.8 Å². The monoisotopic (exact) mass is 484 g/mol. The van der Waals surface area contributed by atoms with Crippen LogP contribution in [0.25, 0.3) is 0 Å². The molecule has 32 heavy (non-hydrogen) atoms. The van der Waals surface area contributed by atoms with E-state index in [1.165, 1.54) is 33.5 Å². The molecule has 0 bridgehead atoms. The number of amides is 2. The minimum absolute atomic E-state index is 0.0863. The van der Waals surface area contributed by atoms with Crippen LogP contribution in [0.5, 0.6) is 0 Å². The maximum Gasteiger partial charge on any atom is 0.238 e. The molecule has 5 rings (SSSR count). The number of thiazole rings is 1. The molecule has 164 valence electrons. The fraction of sp³-hybridized carbons (Fsp3) is 0.261. The number of rotatable bonds is 5. The fourth-order valence-electron chi connectivity index (χ4n) is 3.87. The van der Waals surface area contributed by atoms with E-state index in [1.807, 2.05) is 12.1 Å². The molecule has 0 radical (unpaired) electrons. The third-order valence-corrected chi connectivity index (χ3v) is 7.95. The molecule has 2 aliphatic heterocycles. The average Bonchev–Trinajstić information content (AvgIpc) is 3.16. The molecule has 0 aliphatic carbocycles. The van der Waals surface area contributed by atoms with Gasteiger partial charge in [0.05, 0.1) is 16.6 Å². The lowest BCUT2D eigenvalue weighted by Crippen LogP contribution is -2.32. The first kappa shape index (κ1) is 21.5. The van der Waals surface area contributed by atoms with Crippen molar-refractivity contribution in [2.45, 2.75) is 36.1 Å². The average molecular weight is 485 g/mol. The summed E-state index contributed by atoms with van der Waals surface area (Å²) < 4.78 is 0. The Morgan fingerprint density at radius 1 is 1.25 bits per heavy atom. The van der Waals surface area contributed by atoms with Crippen molar-refractivity contribution in [2.24, 2.45) is 0 Å². The summed E-state index contributed by atoms with van der Waals surface area (Å²) in [5, 5.41) is 6.43. The number of nitrogens with one attached hydrogen (secondary N) is 2. The highest BCUT2D eigenvalue weighted by Crippen LogP contribution is 2.38. The second-order valence-corrected chi connectivity index (χ2v) is 10.6. The summed E-state index contributed by atoms with van der Waals surface area (Å²) in [6.07, 6.45) is 0.956. The maximum atomic E-state index is 12.6. The highest BCUT2D eigenvalue weighted by atomic mass is 35.5. The van der Waals surface area contributed by atoms with Gasteiger partial charge < -0.3 is 10.6 Å². The summed E-state index contributed by atoms with van der Waals surface area (Å²) >= 11 is 8.90. The Balaban J connectivity index is 1.19. The van der Waals surface area contributed by atoms with Gasteiger partial charge in [-0.2, -0.15) is 0 Å². The molecule has 1 unspecified atom stereocenters. The van der Waals surface area contributed by atoms with Crippen molar-refractivity contribution >= 4 is 57.3 Å². The molecule has 2 aromatic carbocycles. The van der Waals surface area contributed by atoms with Gasteiger partial charge in [-0.15, -0.1) is 23.1 Å². The van der Waals surface area contributed by atoms with Gasteiger partial charge in [0.15, 0.2) is 5.13 Å². The number of anilines is 2. The number of thioether (sulfide) groups is 1. The van der Waals surface area contributed by atoms with Gasteiger partial charge in [0.25, 0.3) is 0 Å². The normalized spacial score (nSPS) is 17.9. The zero-order chi connectivity index (χ0) is 22.1. The van der Waals surface area contributed by atoms with Gasteiger partial charge in [0.1, 0.15) is 0 Å². The van der Waals surface area contributed by atoms with Gasteiger partial charge in [0.2, 0.25) is 11.8 Å². The van der Waals surface area contributed by atoms with Gasteiger partial charge in [-0.05, 0) is 23.8 Å². The Kier molecular flexibility index (Phi) is 6.19. The van der Waals surface area contributed by atoms with Gasteiger partial charge >= 0.3 is 0 Å². The number of benzene rings is 2. The number of carbonyl (C=O) groups excluding carboxylic acids is 2. The van der Waals surface area contributed by atoms with Crippen molar-refractivity contribution in [3.63, 3.8) is 0 Å². The van der Waals surface area contributed by atoms with Crippen LogP contribution in [0.4, 0.5) is 10.8 Å².